The first-order valence-corrected chi connectivity index (χ1v) is 3.08. The van der Waals surface area contributed by atoms with Gasteiger partial charge in [-0.05, 0) is 6.07 Å². The van der Waals surface area contributed by atoms with Crippen LogP contribution in [0.1, 0.15) is 5.69 Å². The quantitative estimate of drug-likeness (QED) is 0.457. The van der Waals surface area contributed by atoms with E-state index in [4.69, 9.17) is 24.6 Å². The summed E-state index contributed by atoms with van der Waals surface area (Å²) in [6.45, 7) is 0. The second-order valence-corrected chi connectivity index (χ2v) is 2.62. The van der Waals surface area contributed by atoms with Crippen LogP contribution in [0.4, 0.5) is 0 Å². The van der Waals surface area contributed by atoms with E-state index in [0.29, 0.717) is 0 Å². The van der Waals surface area contributed by atoms with E-state index in [0.717, 1.165) is 0 Å². The molecule has 1 atom stereocenters. The van der Waals surface area contributed by atoms with Gasteiger partial charge in [0.25, 0.3) is 0 Å². The van der Waals surface area contributed by atoms with Gasteiger partial charge in [-0.1, -0.05) is 11.6 Å². The lowest BCUT2D eigenvalue weighted by Gasteiger charge is -2.10. The van der Waals surface area contributed by atoms with Gasteiger partial charge in [-0.3, -0.25) is 4.68 Å². The molecule has 0 saturated carbocycles. The minimum atomic E-state index is -1.85. The van der Waals surface area contributed by atoms with Crippen molar-refractivity contribution in [1.82, 2.24) is 9.78 Å². The lowest BCUT2D eigenvalue weighted by Crippen LogP contribution is -2.18. The molecule has 3 nitrogen and oxygen atoms in total. The third-order valence-electron chi connectivity index (χ3n) is 1.07. The monoisotopic (exact) mass is 156 g/mol. The number of nitrogens with zero attached hydrogens (tertiary/aromatic N) is 2. The van der Waals surface area contributed by atoms with Gasteiger partial charge in [0.1, 0.15) is 12.8 Å². The number of hydrogen-bond acceptors (Lipinski definition) is 2. The van der Waals surface area contributed by atoms with Crippen LogP contribution >= 0.6 is 11.6 Å². The van der Waals surface area contributed by atoms with Gasteiger partial charge in [0, 0.05) is 13.2 Å². The summed E-state index contributed by atoms with van der Waals surface area (Å²) in [5.74, 6) is 0. The fourth-order valence-electron chi connectivity index (χ4n) is 0.602. The second-order valence-electron chi connectivity index (χ2n) is 2.05. The Bertz CT molecular complexity index is 230. The number of alkyl halides is 1. The smallest absolute Gasteiger partial charge is 0.145 e. The van der Waals surface area contributed by atoms with Crippen molar-refractivity contribution < 1.29 is 5.11 Å². The molecule has 1 N–H and O–H groups in total. The molecule has 0 fully saturated rings. The molecule has 52 valence electrons. The Labute approximate surface area is 65.0 Å². The van der Waals surface area contributed by atoms with E-state index < -0.39 is 4.96 Å². The molecule has 0 aromatic carbocycles. The van der Waals surface area contributed by atoms with E-state index in [2.05, 4.69) is 5.10 Å². The largest absolute Gasteiger partial charge is 0.378 e. The fourth-order valence-corrected chi connectivity index (χ4v) is 0.703. The van der Waals surface area contributed by atoms with Gasteiger partial charge in [0.2, 0.25) is 0 Å². The van der Waals surface area contributed by atoms with Crippen molar-refractivity contribution in [3.63, 3.8) is 0 Å². The highest BCUT2D eigenvalue weighted by Crippen LogP contribution is 2.18. The zero-order valence-electron chi connectivity index (χ0n) is 5.45. The maximum atomic E-state index is 8.97. The molecule has 1 aromatic heterocycles. The zero-order chi connectivity index (χ0) is 7.78. The molecule has 0 aliphatic rings. The molecule has 1 heterocycles. The molecular weight excluding hydrogens is 150 g/mol. The molecule has 1 rings (SSSR count). The summed E-state index contributed by atoms with van der Waals surface area (Å²) in [6.07, 6.45) is 1.65. The second kappa shape index (κ2) is 2.29. The van der Waals surface area contributed by atoms with Crippen LogP contribution in [0.25, 0.3) is 0 Å². The summed E-state index contributed by atoms with van der Waals surface area (Å²) in [4.78, 5) is -1.85. The van der Waals surface area contributed by atoms with Crippen molar-refractivity contribution >= 4 is 19.4 Å². The molecule has 2 radical (unpaired) electrons. The number of aryl methyl sites for hydroxylation is 1. The van der Waals surface area contributed by atoms with Crippen molar-refractivity contribution in [3.8, 4) is 0 Å². The highest BCUT2D eigenvalue weighted by atomic mass is 35.5. The zero-order valence-corrected chi connectivity index (χ0v) is 6.21. The van der Waals surface area contributed by atoms with Crippen molar-refractivity contribution in [1.29, 1.82) is 0 Å². The van der Waals surface area contributed by atoms with E-state index in [1.807, 2.05) is 0 Å². The standard InChI is InChI=1S/C5H6BClN2O/c1-9-3-2-4(8-9)5(6,7)10/h2-3,10H,1H3. The maximum absolute atomic E-state index is 8.97. The lowest BCUT2D eigenvalue weighted by atomic mass is 9.96. The van der Waals surface area contributed by atoms with Gasteiger partial charge in [0.05, 0.1) is 5.69 Å². The first-order valence-electron chi connectivity index (χ1n) is 2.70. The van der Waals surface area contributed by atoms with Gasteiger partial charge in [-0.15, -0.1) is 0 Å². The van der Waals surface area contributed by atoms with E-state index in [9.17, 15) is 0 Å². The molecule has 1 aromatic rings. The Morgan fingerprint density at radius 1 is 1.90 bits per heavy atom. The van der Waals surface area contributed by atoms with Crippen LogP contribution in [0.5, 0.6) is 0 Å². The summed E-state index contributed by atoms with van der Waals surface area (Å²) in [5.41, 5.74) is 0.247. The minimum absolute atomic E-state index is 0.247. The van der Waals surface area contributed by atoms with Gasteiger partial charge in [-0.2, -0.15) is 5.10 Å². The molecule has 0 aliphatic heterocycles. The molecule has 0 saturated heterocycles. The van der Waals surface area contributed by atoms with Crippen LogP contribution in [0.15, 0.2) is 12.3 Å². The van der Waals surface area contributed by atoms with Crippen LogP contribution < -0.4 is 0 Å². The molecule has 0 bridgehead atoms. The van der Waals surface area contributed by atoms with Gasteiger partial charge in [0.15, 0.2) is 0 Å². The van der Waals surface area contributed by atoms with Crippen molar-refractivity contribution in [2.75, 3.05) is 0 Å². The predicted molar refractivity (Wildman–Crippen MR) is 38.7 cm³/mol. The normalized spacial score (nSPS) is 16.7. The first kappa shape index (κ1) is 7.63. The summed E-state index contributed by atoms with van der Waals surface area (Å²) in [7, 11) is 6.83. The average molecular weight is 156 g/mol. The number of aliphatic hydroxyl groups is 1. The SMILES string of the molecule is [B]C(O)(Cl)c1ccn(C)n1. The van der Waals surface area contributed by atoms with Crippen molar-refractivity contribution in [2.45, 2.75) is 4.96 Å². The molecule has 10 heavy (non-hydrogen) atoms. The van der Waals surface area contributed by atoms with Gasteiger partial charge < -0.3 is 5.11 Å². The van der Waals surface area contributed by atoms with E-state index in [-0.39, 0.29) is 5.69 Å². The Morgan fingerprint density at radius 2 is 2.50 bits per heavy atom. The maximum Gasteiger partial charge on any atom is 0.145 e. The third kappa shape index (κ3) is 1.52. The van der Waals surface area contributed by atoms with Crippen molar-refractivity contribution in [2.24, 2.45) is 7.05 Å². The number of aromatic nitrogens is 2. The molecule has 5 heteroatoms. The summed E-state index contributed by atoms with van der Waals surface area (Å²) < 4.78 is 1.51. The number of hydrogen-bond donors (Lipinski definition) is 1. The third-order valence-corrected chi connectivity index (χ3v) is 1.27. The van der Waals surface area contributed by atoms with E-state index in [1.54, 1.807) is 19.3 Å². The number of halogens is 1. The molecule has 0 amide bonds. The highest BCUT2D eigenvalue weighted by molar-refractivity contribution is 6.42. The Morgan fingerprint density at radius 3 is 2.70 bits per heavy atom. The average Bonchev–Trinajstić information content (AvgIpc) is 2.11. The van der Waals surface area contributed by atoms with Crippen molar-refractivity contribution in [3.05, 3.63) is 18.0 Å². The van der Waals surface area contributed by atoms with Crippen LogP contribution in [-0.2, 0) is 12.0 Å². The molecule has 1 unspecified atom stereocenters. The topological polar surface area (TPSA) is 38.0 Å². The van der Waals surface area contributed by atoms with Gasteiger partial charge in [-0.25, -0.2) is 0 Å². The Balaban J connectivity index is 2.96. The first-order chi connectivity index (χ1) is 4.50. The summed E-state index contributed by atoms with van der Waals surface area (Å²) in [6, 6.07) is 1.55. The van der Waals surface area contributed by atoms with E-state index >= 15 is 0 Å². The molecule has 0 spiro atoms. The summed E-state index contributed by atoms with van der Waals surface area (Å²) in [5, 5.41) is 12.8. The summed E-state index contributed by atoms with van der Waals surface area (Å²) >= 11 is 5.33. The van der Waals surface area contributed by atoms with E-state index in [1.165, 1.54) is 4.68 Å². The van der Waals surface area contributed by atoms with Gasteiger partial charge >= 0.3 is 0 Å². The Hall–Kier alpha value is -0.475. The molecular formula is C5H6BClN2O. The minimum Gasteiger partial charge on any atom is -0.378 e. The van der Waals surface area contributed by atoms with Crippen LogP contribution in [0.2, 0.25) is 0 Å². The molecule has 0 aliphatic carbocycles. The predicted octanol–water partition coefficient (Wildman–Crippen LogP) is -0.0700. The Kier molecular flexibility index (Phi) is 1.75. The fraction of sp³-hybridized carbons (Fsp3) is 0.400. The van der Waals surface area contributed by atoms with Crippen LogP contribution in [-0.4, -0.2) is 22.7 Å². The van der Waals surface area contributed by atoms with Crippen LogP contribution in [0.3, 0.4) is 0 Å². The van der Waals surface area contributed by atoms with Crippen LogP contribution in [0, 0.1) is 0 Å². The highest BCUT2D eigenvalue weighted by Gasteiger charge is 2.20. The lowest BCUT2D eigenvalue weighted by molar-refractivity contribution is 0.211. The number of rotatable bonds is 1.